The van der Waals surface area contributed by atoms with Gasteiger partial charge in [0.15, 0.2) is 5.54 Å². The average Bonchev–Trinajstić information content (AvgIpc) is 3.17. The van der Waals surface area contributed by atoms with Gasteiger partial charge in [-0.05, 0) is 38.3 Å². The molecular weight excluding hydrogens is 370 g/mol. The van der Waals surface area contributed by atoms with Gasteiger partial charge in [-0.2, -0.15) is 0 Å². The number of carbonyl (C=O) groups is 3. The number of furan rings is 1. The number of urea groups is 1. The summed E-state index contributed by atoms with van der Waals surface area (Å²) >= 11 is 0. The lowest BCUT2D eigenvalue weighted by atomic mass is 9.99. The first-order chi connectivity index (χ1) is 13.7. The predicted molar refractivity (Wildman–Crippen MR) is 110 cm³/mol. The Morgan fingerprint density at radius 1 is 1.21 bits per heavy atom. The monoisotopic (exact) mass is 399 g/mol. The van der Waals surface area contributed by atoms with E-state index in [-0.39, 0.29) is 18.5 Å². The highest BCUT2D eigenvalue weighted by Crippen LogP contribution is 2.32. The Bertz CT molecular complexity index is 887. The minimum absolute atomic E-state index is 0.0104. The van der Waals surface area contributed by atoms with Crippen LogP contribution >= 0.6 is 0 Å². The summed E-state index contributed by atoms with van der Waals surface area (Å²) < 4.78 is 5.79. The Balaban J connectivity index is 1.64. The van der Waals surface area contributed by atoms with Crippen LogP contribution in [0.2, 0.25) is 0 Å². The zero-order valence-corrected chi connectivity index (χ0v) is 17.5. The van der Waals surface area contributed by atoms with E-state index in [1.807, 2.05) is 25.1 Å². The summed E-state index contributed by atoms with van der Waals surface area (Å²) in [5.74, 6) is 0.130. The number of carbonyl (C=O) groups excluding carboxylic acids is 3. The minimum Gasteiger partial charge on any atom is -0.458 e. The first kappa shape index (κ1) is 20.9. The van der Waals surface area contributed by atoms with Crippen LogP contribution in [0.5, 0.6) is 0 Å². The predicted octanol–water partition coefficient (Wildman–Crippen LogP) is 3.53. The molecule has 1 aromatic heterocycles. The van der Waals surface area contributed by atoms with Gasteiger partial charge in [0.1, 0.15) is 17.9 Å². The first-order valence-corrected chi connectivity index (χ1v) is 10.1. The lowest BCUT2D eigenvalue weighted by molar-refractivity contribution is -0.135. The third-order valence-electron chi connectivity index (χ3n) is 5.32. The summed E-state index contributed by atoms with van der Waals surface area (Å²) in [6, 6.07) is 8.52. The van der Waals surface area contributed by atoms with Crippen LogP contribution in [0.1, 0.15) is 52.7 Å². The first-order valence-electron chi connectivity index (χ1n) is 10.1. The third kappa shape index (κ3) is 4.44. The van der Waals surface area contributed by atoms with Crippen LogP contribution in [0.3, 0.4) is 0 Å². The molecule has 1 aliphatic heterocycles. The van der Waals surface area contributed by atoms with Gasteiger partial charge < -0.3 is 15.1 Å². The van der Waals surface area contributed by atoms with E-state index in [1.54, 1.807) is 19.1 Å². The SMILES string of the molecule is CC(C)CCCC(C)NC(=O)CN1C(=O)NC(C)(c2cc3ccccc3o2)C1=O. The summed E-state index contributed by atoms with van der Waals surface area (Å²) in [7, 11) is 0. The van der Waals surface area contributed by atoms with Crippen LogP contribution in [0.15, 0.2) is 34.7 Å². The highest BCUT2D eigenvalue weighted by Gasteiger charge is 2.51. The second kappa shape index (κ2) is 8.27. The molecule has 2 N–H and O–H groups in total. The van der Waals surface area contributed by atoms with Crippen molar-refractivity contribution in [3.05, 3.63) is 36.1 Å². The van der Waals surface area contributed by atoms with Gasteiger partial charge in [0.25, 0.3) is 5.91 Å². The van der Waals surface area contributed by atoms with E-state index in [0.29, 0.717) is 17.3 Å². The summed E-state index contributed by atoms with van der Waals surface area (Å²) in [5.41, 5.74) is -0.698. The van der Waals surface area contributed by atoms with E-state index in [2.05, 4.69) is 24.5 Å². The van der Waals surface area contributed by atoms with Crippen LogP contribution in [0, 0.1) is 5.92 Å². The molecule has 29 heavy (non-hydrogen) atoms. The molecule has 1 aliphatic rings. The van der Waals surface area contributed by atoms with Crippen molar-refractivity contribution >= 4 is 28.8 Å². The molecular formula is C22H29N3O4. The Kier molecular flexibility index (Phi) is 5.96. The van der Waals surface area contributed by atoms with Crippen LogP contribution in [-0.4, -0.2) is 35.3 Å². The van der Waals surface area contributed by atoms with Crippen molar-refractivity contribution in [3.8, 4) is 0 Å². The van der Waals surface area contributed by atoms with Crippen molar-refractivity contribution in [2.24, 2.45) is 5.92 Å². The smallest absolute Gasteiger partial charge is 0.325 e. The largest absolute Gasteiger partial charge is 0.458 e. The van der Waals surface area contributed by atoms with Gasteiger partial charge >= 0.3 is 6.03 Å². The number of para-hydroxylation sites is 1. The molecule has 2 atom stereocenters. The lowest BCUT2D eigenvalue weighted by Gasteiger charge is -2.20. The zero-order chi connectivity index (χ0) is 21.2. The number of hydrogen-bond acceptors (Lipinski definition) is 4. The molecule has 2 aromatic rings. The second-order valence-corrected chi connectivity index (χ2v) is 8.39. The quantitative estimate of drug-likeness (QED) is 0.664. The van der Waals surface area contributed by atoms with Crippen LogP contribution in [-0.2, 0) is 15.1 Å². The van der Waals surface area contributed by atoms with E-state index in [9.17, 15) is 14.4 Å². The third-order valence-corrected chi connectivity index (χ3v) is 5.32. The minimum atomic E-state index is -1.33. The average molecular weight is 399 g/mol. The summed E-state index contributed by atoms with van der Waals surface area (Å²) in [6.45, 7) is 7.55. The highest BCUT2D eigenvalue weighted by molar-refractivity contribution is 6.09. The Morgan fingerprint density at radius 2 is 1.93 bits per heavy atom. The van der Waals surface area contributed by atoms with E-state index >= 15 is 0 Å². The molecule has 2 heterocycles. The molecule has 0 spiro atoms. The van der Waals surface area contributed by atoms with Gasteiger partial charge in [0.05, 0.1) is 0 Å². The summed E-state index contributed by atoms with van der Waals surface area (Å²) in [6.07, 6.45) is 2.98. The molecule has 2 unspecified atom stereocenters. The van der Waals surface area contributed by atoms with Gasteiger partial charge in [-0.15, -0.1) is 0 Å². The Morgan fingerprint density at radius 3 is 2.62 bits per heavy atom. The number of nitrogens with zero attached hydrogens (tertiary/aromatic N) is 1. The molecule has 0 saturated carbocycles. The number of amides is 4. The van der Waals surface area contributed by atoms with Gasteiger partial charge in [-0.25, -0.2) is 4.79 Å². The van der Waals surface area contributed by atoms with Crippen molar-refractivity contribution < 1.29 is 18.8 Å². The van der Waals surface area contributed by atoms with Gasteiger partial charge in [0, 0.05) is 11.4 Å². The molecule has 0 aliphatic carbocycles. The van der Waals surface area contributed by atoms with E-state index < -0.39 is 17.5 Å². The Hall–Kier alpha value is -2.83. The molecule has 7 heteroatoms. The number of imide groups is 1. The normalized spacial score (nSPS) is 20.4. The molecule has 156 valence electrons. The van der Waals surface area contributed by atoms with E-state index in [0.717, 1.165) is 29.5 Å². The van der Waals surface area contributed by atoms with E-state index in [4.69, 9.17) is 4.42 Å². The molecule has 1 saturated heterocycles. The summed E-state index contributed by atoms with van der Waals surface area (Å²) in [4.78, 5) is 38.7. The van der Waals surface area contributed by atoms with Crippen LogP contribution < -0.4 is 10.6 Å². The molecule has 1 aromatic carbocycles. The van der Waals surface area contributed by atoms with Crippen molar-refractivity contribution in [2.75, 3.05) is 6.54 Å². The van der Waals surface area contributed by atoms with Gasteiger partial charge in [-0.1, -0.05) is 44.9 Å². The molecule has 0 radical (unpaired) electrons. The van der Waals surface area contributed by atoms with Gasteiger partial charge in [0.2, 0.25) is 5.91 Å². The van der Waals surface area contributed by atoms with Crippen molar-refractivity contribution in [1.29, 1.82) is 0 Å². The van der Waals surface area contributed by atoms with Crippen LogP contribution in [0.25, 0.3) is 11.0 Å². The molecule has 1 fully saturated rings. The Labute approximate surface area is 170 Å². The fourth-order valence-electron chi connectivity index (χ4n) is 3.60. The maximum Gasteiger partial charge on any atom is 0.325 e. The number of hydrogen-bond donors (Lipinski definition) is 2. The molecule has 4 amide bonds. The second-order valence-electron chi connectivity index (χ2n) is 8.39. The van der Waals surface area contributed by atoms with Crippen molar-refractivity contribution in [1.82, 2.24) is 15.5 Å². The van der Waals surface area contributed by atoms with E-state index in [1.165, 1.54) is 0 Å². The molecule has 3 rings (SSSR count). The fourth-order valence-corrected chi connectivity index (χ4v) is 3.60. The molecule has 7 nitrogen and oxygen atoms in total. The number of rotatable bonds is 8. The fraction of sp³-hybridized carbons (Fsp3) is 0.500. The topological polar surface area (TPSA) is 91.7 Å². The highest BCUT2D eigenvalue weighted by atomic mass is 16.3. The number of nitrogens with one attached hydrogen (secondary N) is 2. The number of fused-ring (bicyclic) bond motifs is 1. The van der Waals surface area contributed by atoms with Crippen molar-refractivity contribution in [3.63, 3.8) is 0 Å². The maximum absolute atomic E-state index is 13.0. The van der Waals surface area contributed by atoms with Gasteiger partial charge in [-0.3, -0.25) is 14.5 Å². The van der Waals surface area contributed by atoms with Crippen LogP contribution in [0.4, 0.5) is 4.79 Å². The zero-order valence-electron chi connectivity index (χ0n) is 17.5. The lowest BCUT2D eigenvalue weighted by Crippen LogP contribution is -2.44. The maximum atomic E-state index is 13.0. The summed E-state index contributed by atoms with van der Waals surface area (Å²) in [5, 5.41) is 6.40. The number of benzene rings is 1. The standard InChI is InChI=1S/C22H29N3O4/c1-14(2)8-7-9-15(3)23-19(26)13-25-20(27)22(4,24-21(25)28)18-12-16-10-5-6-11-17(16)29-18/h5-6,10-12,14-15H,7-9,13H2,1-4H3,(H,23,26)(H,24,28). The molecule has 0 bridgehead atoms. The van der Waals surface area contributed by atoms with Crippen molar-refractivity contribution in [2.45, 2.75) is 58.5 Å².